The van der Waals surface area contributed by atoms with Gasteiger partial charge >= 0.3 is 29.6 Å². The zero-order valence-corrected chi connectivity index (χ0v) is 4.67. The fourth-order valence-electron chi connectivity index (χ4n) is 0.0942. The van der Waals surface area contributed by atoms with Crippen LogP contribution in [-0.2, 0) is 10.1 Å². The molecule has 0 heterocycles. The van der Waals surface area contributed by atoms with Crippen molar-refractivity contribution in [3.8, 4) is 0 Å². The minimum absolute atomic E-state index is 0. The summed E-state index contributed by atoms with van der Waals surface area (Å²) in [7, 11) is -4.45. The molecule has 0 bridgehead atoms. The van der Waals surface area contributed by atoms with Crippen LogP contribution in [0.15, 0.2) is 0 Å². The molecule has 52 valence electrons. The van der Waals surface area contributed by atoms with Crippen LogP contribution in [0.2, 0.25) is 0 Å². The van der Waals surface area contributed by atoms with Crippen LogP contribution < -0.4 is 0 Å². The first-order chi connectivity index (χ1) is 3.48. The third-order valence-electron chi connectivity index (χ3n) is 0.500. The van der Waals surface area contributed by atoms with Crippen molar-refractivity contribution in [3.63, 3.8) is 0 Å². The Morgan fingerprint density at radius 2 is 1.78 bits per heavy atom. The van der Waals surface area contributed by atoms with Crippen LogP contribution in [0.1, 0.15) is 0 Å². The van der Waals surface area contributed by atoms with Gasteiger partial charge in [-0.2, -0.15) is 8.42 Å². The second kappa shape index (κ2) is 4.62. The van der Waals surface area contributed by atoms with Gasteiger partial charge in [0.25, 0.3) is 10.1 Å². The molecule has 9 heavy (non-hydrogen) atoms. The monoisotopic (exact) mass is 166 g/mol. The first kappa shape index (κ1) is 12.5. The van der Waals surface area contributed by atoms with E-state index in [-0.39, 0.29) is 29.6 Å². The fourth-order valence-corrected chi connectivity index (χ4v) is 0.283. The molecule has 0 aliphatic rings. The third kappa shape index (κ3) is 5.28. The zero-order valence-electron chi connectivity index (χ0n) is 3.85. The van der Waals surface area contributed by atoms with Gasteiger partial charge in [0.05, 0.1) is 6.61 Å². The molecule has 0 saturated carbocycles. The van der Waals surface area contributed by atoms with Crippen LogP contribution in [0.5, 0.6) is 0 Å². The first-order valence-corrected chi connectivity index (χ1v) is 3.24. The number of hydrogen-bond acceptors (Lipinski definition) is 4. The Labute approximate surface area is 74.7 Å². The van der Waals surface area contributed by atoms with Gasteiger partial charge in [-0.1, -0.05) is 0 Å². The molecule has 7 heteroatoms. The Morgan fingerprint density at radius 3 is 1.78 bits per heavy atom. The van der Waals surface area contributed by atoms with Gasteiger partial charge in [-0.15, -0.1) is 0 Å². The molecular formula is C2H7NaO5S. The molecule has 0 aromatic rings. The zero-order chi connectivity index (χ0) is 6.78. The van der Waals surface area contributed by atoms with Gasteiger partial charge in [-0.25, -0.2) is 0 Å². The number of aliphatic hydroxyl groups excluding tert-OH is 2. The summed E-state index contributed by atoms with van der Waals surface area (Å²) in [6.07, 6.45) is 0. The summed E-state index contributed by atoms with van der Waals surface area (Å²) in [5.41, 5.74) is -2.07. The van der Waals surface area contributed by atoms with Crippen LogP contribution in [0.4, 0.5) is 0 Å². The summed E-state index contributed by atoms with van der Waals surface area (Å²) in [6, 6.07) is 0. The number of hydrogen-bond donors (Lipinski definition) is 3. The fraction of sp³-hybridized carbons (Fsp3) is 1.00. The Hall–Kier alpha value is 0.830. The van der Waals surface area contributed by atoms with Crippen molar-refractivity contribution in [2.45, 2.75) is 5.44 Å². The summed E-state index contributed by atoms with van der Waals surface area (Å²) in [5, 5.41) is 16.0. The van der Waals surface area contributed by atoms with E-state index in [1.54, 1.807) is 0 Å². The van der Waals surface area contributed by atoms with E-state index in [4.69, 9.17) is 14.8 Å². The average Bonchev–Trinajstić information content (AvgIpc) is 1.62. The van der Waals surface area contributed by atoms with Crippen LogP contribution in [0.3, 0.4) is 0 Å². The molecule has 3 N–H and O–H groups in total. The summed E-state index contributed by atoms with van der Waals surface area (Å²) in [6.45, 7) is -0.987. The van der Waals surface area contributed by atoms with Gasteiger partial charge in [0, 0.05) is 0 Å². The molecule has 0 rings (SSSR count). The van der Waals surface area contributed by atoms with Gasteiger partial charge in [-0.05, 0) is 0 Å². The predicted molar refractivity (Wildman–Crippen MR) is 31.8 cm³/mol. The maximum absolute atomic E-state index is 9.71. The van der Waals surface area contributed by atoms with E-state index in [1.807, 2.05) is 0 Å². The van der Waals surface area contributed by atoms with Crippen molar-refractivity contribution >= 4 is 39.7 Å². The molecule has 1 atom stereocenters. The van der Waals surface area contributed by atoms with Crippen molar-refractivity contribution in [1.82, 2.24) is 0 Å². The molecule has 0 aliphatic carbocycles. The van der Waals surface area contributed by atoms with Crippen LogP contribution in [0, 0.1) is 0 Å². The van der Waals surface area contributed by atoms with E-state index in [1.165, 1.54) is 0 Å². The molecule has 5 nitrogen and oxygen atoms in total. The van der Waals surface area contributed by atoms with E-state index in [0.717, 1.165) is 0 Å². The summed E-state index contributed by atoms with van der Waals surface area (Å²) in [5.74, 6) is 0. The van der Waals surface area contributed by atoms with Gasteiger partial charge in [0.1, 0.15) is 0 Å². The molecule has 0 fully saturated rings. The molecule has 0 radical (unpaired) electrons. The van der Waals surface area contributed by atoms with Gasteiger partial charge in [-0.3, -0.25) is 4.55 Å². The molecule has 0 spiro atoms. The minimum atomic E-state index is -4.45. The van der Waals surface area contributed by atoms with Crippen molar-refractivity contribution < 1.29 is 23.2 Å². The third-order valence-corrected chi connectivity index (χ3v) is 1.34. The van der Waals surface area contributed by atoms with E-state index >= 15 is 0 Å². The van der Waals surface area contributed by atoms with E-state index in [9.17, 15) is 8.42 Å². The molecule has 0 saturated heterocycles. The second-order valence-corrected chi connectivity index (χ2v) is 2.73. The Balaban J connectivity index is 0. The molecule has 1 unspecified atom stereocenters. The van der Waals surface area contributed by atoms with E-state index in [2.05, 4.69) is 0 Å². The van der Waals surface area contributed by atoms with Crippen molar-refractivity contribution in [1.29, 1.82) is 0 Å². The Bertz CT molecular complexity index is 150. The molecule has 0 aliphatic heterocycles. The SMILES string of the molecule is O=S(=O)(O)C(O)CO.[NaH]. The predicted octanol–water partition coefficient (Wildman–Crippen LogP) is -2.46. The van der Waals surface area contributed by atoms with Gasteiger partial charge < -0.3 is 10.2 Å². The van der Waals surface area contributed by atoms with Gasteiger partial charge in [0.15, 0.2) is 0 Å². The molecule has 0 aromatic carbocycles. The van der Waals surface area contributed by atoms with Gasteiger partial charge in [0.2, 0.25) is 5.44 Å². The normalized spacial score (nSPS) is 14.1. The number of rotatable bonds is 2. The summed E-state index contributed by atoms with van der Waals surface area (Å²) in [4.78, 5) is 0. The second-order valence-electron chi connectivity index (χ2n) is 1.15. The molecule has 0 amide bonds. The Kier molecular flexibility index (Phi) is 6.41. The van der Waals surface area contributed by atoms with Crippen molar-refractivity contribution in [3.05, 3.63) is 0 Å². The Morgan fingerprint density at radius 1 is 1.44 bits per heavy atom. The summed E-state index contributed by atoms with van der Waals surface area (Å²) < 4.78 is 27.3. The van der Waals surface area contributed by atoms with E-state index in [0.29, 0.717) is 0 Å². The first-order valence-electron chi connectivity index (χ1n) is 1.73. The average molecular weight is 166 g/mol. The quantitative estimate of drug-likeness (QED) is 0.312. The van der Waals surface area contributed by atoms with Crippen LogP contribution in [-0.4, -0.2) is 64.8 Å². The van der Waals surface area contributed by atoms with Crippen molar-refractivity contribution in [2.75, 3.05) is 6.61 Å². The topological polar surface area (TPSA) is 94.8 Å². The van der Waals surface area contributed by atoms with E-state index < -0.39 is 22.2 Å². The molecule has 0 aromatic heterocycles. The molecular weight excluding hydrogens is 159 g/mol. The van der Waals surface area contributed by atoms with Crippen LogP contribution in [0.25, 0.3) is 0 Å². The van der Waals surface area contributed by atoms with Crippen LogP contribution >= 0.6 is 0 Å². The van der Waals surface area contributed by atoms with Crippen molar-refractivity contribution in [2.24, 2.45) is 0 Å². The number of aliphatic hydroxyl groups is 2. The summed E-state index contributed by atoms with van der Waals surface area (Å²) >= 11 is 0. The maximum atomic E-state index is 9.71. The standard InChI is InChI=1S/C2H6O5S.Na.H/c3-1-2(4)8(5,6)7;;/h2-4H,1H2,(H,5,6,7);;.